The highest BCUT2D eigenvalue weighted by Gasteiger charge is 2.21. The molecule has 2 amide bonds. The third-order valence-electron chi connectivity index (χ3n) is 4.41. The first kappa shape index (κ1) is 16.9. The zero-order valence-electron chi connectivity index (χ0n) is 14.3. The Kier molecular flexibility index (Phi) is 4.65. The van der Waals surface area contributed by atoms with E-state index in [1.165, 1.54) is 6.92 Å². The van der Waals surface area contributed by atoms with E-state index in [1.54, 1.807) is 41.3 Å². The molecule has 0 atom stereocenters. The van der Waals surface area contributed by atoms with Crippen LogP contribution in [0.3, 0.4) is 0 Å². The highest BCUT2D eigenvalue weighted by Crippen LogP contribution is 2.23. The minimum absolute atomic E-state index is 0.0462. The number of carbonyl (C=O) groups is 3. The molecule has 5 heteroatoms. The number of ketones is 1. The van der Waals surface area contributed by atoms with Gasteiger partial charge < -0.3 is 10.2 Å². The normalized spacial score (nSPS) is 13.8. The summed E-state index contributed by atoms with van der Waals surface area (Å²) in [7, 11) is 0. The summed E-state index contributed by atoms with van der Waals surface area (Å²) in [5, 5.41) is 2.85. The van der Waals surface area contributed by atoms with E-state index >= 15 is 0 Å². The maximum Gasteiger partial charge on any atom is 0.255 e. The molecule has 1 aliphatic rings. The lowest BCUT2D eigenvalue weighted by molar-refractivity contribution is -0.117. The maximum atomic E-state index is 12.5. The molecule has 5 nitrogen and oxygen atoms in total. The van der Waals surface area contributed by atoms with E-state index < -0.39 is 0 Å². The summed E-state index contributed by atoms with van der Waals surface area (Å²) in [5.74, 6) is -0.174. The molecule has 1 fully saturated rings. The molecule has 128 valence electrons. The summed E-state index contributed by atoms with van der Waals surface area (Å²) in [6, 6.07) is 12.2. The van der Waals surface area contributed by atoms with Gasteiger partial charge in [-0.3, -0.25) is 14.4 Å². The number of anilines is 2. The van der Waals surface area contributed by atoms with E-state index in [9.17, 15) is 14.4 Å². The molecule has 3 rings (SSSR count). The minimum Gasteiger partial charge on any atom is -0.322 e. The second-order valence-electron chi connectivity index (χ2n) is 6.24. The molecule has 0 saturated carbocycles. The quantitative estimate of drug-likeness (QED) is 0.868. The average Bonchev–Trinajstić information content (AvgIpc) is 3.02. The van der Waals surface area contributed by atoms with Crippen LogP contribution in [0.4, 0.5) is 11.4 Å². The van der Waals surface area contributed by atoms with Crippen molar-refractivity contribution in [2.75, 3.05) is 16.8 Å². The van der Waals surface area contributed by atoms with Crippen LogP contribution in [0.1, 0.15) is 46.0 Å². The smallest absolute Gasteiger partial charge is 0.255 e. The summed E-state index contributed by atoms with van der Waals surface area (Å²) in [6.45, 7) is 4.09. The zero-order valence-corrected chi connectivity index (χ0v) is 14.3. The molecule has 0 aliphatic carbocycles. The number of carbonyl (C=O) groups excluding carboxylic acids is 3. The summed E-state index contributed by atoms with van der Waals surface area (Å²) in [6.07, 6.45) is 1.45. The van der Waals surface area contributed by atoms with Crippen LogP contribution in [0.5, 0.6) is 0 Å². The minimum atomic E-state index is -0.247. The maximum absolute atomic E-state index is 12.5. The summed E-state index contributed by atoms with van der Waals surface area (Å²) in [4.78, 5) is 37.5. The van der Waals surface area contributed by atoms with Crippen LogP contribution < -0.4 is 10.2 Å². The van der Waals surface area contributed by atoms with Crippen molar-refractivity contribution in [3.05, 3.63) is 59.2 Å². The number of Topliss-reactive ketones (excluding diaryl/α,β-unsaturated/α-hetero) is 1. The van der Waals surface area contributed by atoms with Gasteiger partial charge in [0.25, 0.3) is 5.91 Å². The van der Waals surface area contributed by atoms with Gasteiger partial charge in [-0.15, -0.1) is 0 Å². The third-order valence-corrected chi connectivity index (χ3v) is 4.41. The molecule has 2 aromatic carbocycles. The second kappa shape index (κ2) is 6.89. The topological polar surface area (TPSA) is 66.5 Å². The fourth-order valence-electron chi connectivity index (χ4n) is 2.88. The zero-order chi connectivity index (χ0) is 18.0. The molecule has 1 heterocycles. The molecule has 0 aromatic heterocycles. The van der Waals surface area contributed by atoms with Gasteiger partial charge in [-0.25, -0.2) is 0 Å². The van der Waals surface area contributed by atoms with Gasteiger partial charge in [-0.05, 0) is 56.2 Å². The third kappa shape index (κ3) is 3.60. The van der Waals surface area contributed by atoms with E-state index in [2.05, 4.69) is 5.32 Å². The van der Waals surface area contributed by atoms with Crippen molar-refractivity contribution < 1.29 is 14.4 Å². The Morgan fingerprint density at radius 1 is 1.04 bits per heavy atom. The summed E-state index contributed by atoms with van der Waals surface area (Å²) < 4.78 is 0. The van der Waals surface area contributed by atoms with Crippen molar-refractivity contribution in [1.29, 1.82) is 0 Å². The van der Waals surface area contributed by atoms with Crippen molar-refractivity contribution in [2.24, 2.45) is 0 Å². The van der Waals surface area contributed by atoms with E-state index in [4.69, 9.17) is 0 Å². The molecule has 2 aromatic rings. The largest absolute Gasteiger partial charge is 0.322 e. The lowest BCUT2D eigenvalue weighted by Crippen LogP contribution is -2.23. The van der Waals surface area contributed by atoms with E-state index in [0.717, 1.165) is 24.2 Å². The first-order valence-electron chi connectivity index (χ1n) is 8.29. The highest BCUT2D eigenvalue weighted by atomic mass is 16.2. The van der Waals surface area contributed by atoms with E-state index in [0.29, 0.717) is 23.2 Å². The summed E-state index contributed by atoms with van der Waals surface area (Å²) >= 11 is 0. The van der Waals surface area contributed by atoms with Crippen LogP contribution in [0.2, 0.25) is 0 Å². The van der Waals surface area contributed by atoms with Gasteiger partial charge in [0, 0.05) is 35.5 Å². The molecule has 0 bridgehead atoms. The first-order valence-corrected chi connectivity index (χ1v) is 8.29. The second-order valence-corrected chi connectivity index (χ2v) is 6.24. The van der Waals surface area contributed by atoms with E-state index in [-0.39, 0.29) is 17.6 Å². The molecule has 0 spiro atoms. The Bertz CT molecular complexity index is 841. The molecule has 1 aliphatic heterocycles. The van der Waals surface area contributed by atoms with Gasteiger partial charge in [0.15, 0.2) is 5.78 Å². The number of hydrogen-bond donors (Lipinski definition) is 1. The lowest BCUT2D eigenvalue weighted by Gasteiger charge is -2.16. The highest BCUT2D eigenvalue weighted by molar-refractivity contribution is 6.06. The number of nitrogens with one attached hydrogen (secondary N) is 1. The van der Waals surface area contributed by atoms with Gasteiger partial charge in [-0.2, -0.15) is 0 Å². The van der Waals surface area contributed by atoms with Gasteiger partial charge in [0.05, 0.1) is 0 Å². The average molecular weight is 336 g/mol. The number of amides is 2. The molecule has 1 saturated heterocycles. The van der Waals surface area contributed by atoms with Crippen molar-refractivity contribution >= 4 is 29.0 Å². The standard InChI is InChI=1S/C20H20N2O3/c1-13-5-6-16(14(2)23)12-18(13)21-20(25)15-7-9-17(10-8-15)22-11-3-4-19(22)24/h5-10,12H,3-4,11H2,1-2H3,(H,21,25). The van der Waals surface area contributed by atoms with Crippen molar-refractivity contribution in [3.8, 4) is 0 Å². The Morgan fingerprint density at radius 2 is 1.72 bits per heavy atom. The molecule has 1 N–H and O–H groups in total. The van der Waals surface area contributed by atoms with Crippen LogP contribution in [0.15, 0.2) is 42.5 Å². The van der Waals surface area contributed by atoms with Crippen LogP contribution in [-0.4, -0.2) is 24.1 Å². The molecular weight excluding hydrogens is 316 g/mol. The van der Waals surface area contributed by atoms with Gasteiger partial charge >= 0.3 is 0 Å². The lowest BCUT2D eigenvalue weighted by atomic mass is 10.1. The number of aryl methyl sites for hydroxylation is 1. The Hall–Kier alpha value is -2.95. The molecule has 0 unspecified atom stereocenters. The van der Waals surface area contributed by atoms with Crippen molar-refractivity contribution in [2.45, 2.75) is 26.7 Å². The summed E-state index contributed by atoms with van der Waals surface area (Å²) in [5.41, 5.74) is 3.38. The molecular formula is C20H20N2O3. The fourth-order valence-corrected chi connectivity index (χ4v) is 2.88. The van der Waals surface area contributed by atoms with Gasteiger partial charge in [0.2, 0.25) is 5.91 Å². The number of hydrogen-bond acceptors (Lipinski definition) is 3. The molecule has 25 heavy (non-hydrogen) atoms. The number of nitrogens with zero attached hydrogens (tertiary/aromatic N) is 1. The first-order chi connectivity index (χ1) is 12.0. The van der Waals surface area contributed by atoms with E-state index in [1.807, 2.05) is 13.0 Å². The Balaban J connectivity index is 1.76. The van der Waals surface area contributed by atoms with Crippen molar-refractivity contribution in [1.82, 2.24) is 0 Å². The van der Waals surface area contributed by atoms with Crippen molar-refractivity contribution in [3.63, 3.8) is 0 Å². The van der Waals surface area contributed by atoms with Crippen LogP contribution in [0.25, 0.3) is 0 Å². The van der Waals surface area contributed by atoms with Crippen LogP contribution >= 0.6 is 0 Å². The fraction of sp³-hybridized carbons (Fsp3) is 0.250. The monoisotopic (exact) mass is 336 g/mol. The predicted molar refractivity (Wildman–Crippen MR) is 97.2 cm³/mol. The Morgan fingerprint density at radius 3 is 2.32 bits per heavy atom. The van der Waals surface area contributed by atoms with Crippen LogP contribution in [-0.2, 0) is 4.79 Å². The number of benzene rings is 2. The SMILES string of the molecule is CC(=O)c1ccc(C)c(NC(=O)c2ccc(N3CCCC3=O)cc2)c1. The van der Waals surface area contributed by atoms with Gasteiger partial charge in [-0.1, -0.05) is 12.1 Å². The predicted octanol–water partition coefficient (Wildman–Crippen LogP) is 3.58. The number of rotatable bonds is 4. The van der Waals surface area contributed by atoms with Crippen LogP contribution in [0, 0.1) is 6.92 Å². The Labute approximate surface area is 146 Å². The van der Waals surface area contributed by atoms with Gasteiger partial charge in [0.1, 0.15) is 0 Å². The molecule has 0 radical (unpaired) electrons.